The highest BCUT2D eigenvalue weighted by Crippen LogP contribution is 2.31. The van der Waals surface area contributed by atoms with Crippen molar-refractivity contribution >= 4 is 31.9 Å². The fourth-order valence-corrected chi connectivity index (χ4v) is 4.36. The third-order valence-electron chi connectivity index (χ3n) is 4.09. The lowest BCUT2D eigenvalue weighted by atomic mass is 10.2. The van der Waals surface area contributed by atoms with E-state index < -0.39 is 10.0 Å². The van der Waals surface area contributed by atoms with Gasteiger partial charge in [0.2, 0.25) is 10.0 Å². The van der Waals surface area contributed by atoms with Crippen molar-refractivity contribution in [3.05, 3.63) is 52.4 Å². The summed E-state index contributed by atoms with van der Waals surface area (Å²) in [5, 5.41) is 0. The molecule has 8 heteroatoms. The maximum Gasteiger partial charge on any atom is 0.254 e. The molecule has 0 saturated heterocycles. The van der Waals surface area contributed by atoms with Gasteiger partial charge in [0.1, 0.15) is 5.76 Å². The van der Waals surface area contributed by atoms with E-state index in [-0.39, 0.29) is 16.8 Å². The Hall–Kier alpha value is -1.64. The van der Waals surface area contributed by atoms with E-state index in [2.05, 4.69) is 15.9 Å². The number of sulfonamides is 1. The van der Waals surface area contributed by atoms with Crippen LogP contribution in [0.4, 0.5) is 0 Å². The van der Waals surface area contributed by atoms with Gasteiger partial charge in [-0.05, 0) is 59.1 Å². The van der Waals surface area contributed by atoms with Crippen molar-refractivity contribution < 1.29 is 17.6 Å². The Labute approximate surface area is 155 Å². The minimum atomic E-state index is -3.65. The molecule has 0 atom stereocenters. The van der Waals surface area contributed by atoms with Crippen LogP contribution in [0.3, 0.4) is 0 Å². The smallest absolute Gasteiger partial charge is 0.254 e. The van der Waals surface area contributed by atoms with Crippen molar-refractivity contribution in [2.45, 2.75) is 30.3 Å². The number of furan rings is 1. The van der Waals surface area contributed by atoms with Crippen LogP contribution in [0.2, 0.25) is 0 Å². The number of hydrogen-bond donors (Lipinski definition) is 0. The van der Waals surface area contributed by atoms with Crippen LogP contribution in [-0.2, 0) is 16.6 Å². The van der Waals surface area contributed by atoms with Crippen LogP contribution < -0.4 is 0 Å². The van der Waals surface area contributed by atoms with Crippen molar-refractivity contribution in [3.63, 3.8) is 0 Å². The summed E-state index contributed by atoms with van der Waals surface area (Å²) >= 11 is 3.26. The molecule has 1 aliphatic rings. The van der Waals surface area contributed by atoms with Crippen LogP contribution in [0.25, 0.3) is 0 Å². The molecule has 1 aromatic heterocycles. The Balaban J connectivity index is 1.93. The summed E-state index contributed by atoms with van der Waals surface area (Å²) < 4.78 is 31.8. The van der Waals surface area contributed by atoms with Crippen LogP contribution in [-0.4, -0.2) is 43.7 Å². The third kappa shape index (κ3) is 3.80. The number of carbonyl (C=O) groups is 1. The predicted octanol–water partition coefficient (Wildman–Crippen LogP) is 3.10. The molecule has 0 radical (unpaired) electrons. The number of amides is 1. The normalized spacial score (nSPS) is 14.7. The fraction of sp³-hybridized carbons (Fsp3) is 0.353. The molecule has 3 rings (SSSR count). The molecule has 25 heavy (non-hydrogen) atoms. The SMILES string of the molecule is CN(C)S(=O)(=O)c1cc(C(=O)N(Cc2ccco2)C2CC2)ccc1Br. The first-order valence-electron chi connectivity index (χ1n) is 7.86. The zero-order chi connectivity index (χ0) is 18.2. The van der Waals surface area contributed by atoms with Crippen LogP contribution in [0.15, 0.2) is 50.4 Å². The summed E-state index contributed by atoms with van der Waals surface area (Å²) in [6.45, 7) is 0.377. The minimum absolute atomic E-state index is 0.0806. The number of nitrogens with zero attached hydrogens (tertiary/aromatic N) is 2. The quantitative estimate of drug-likeness (QED) is 0.711. The molecule has 1 aromatic carbocycles. The van der Waals surface area contributed by atoms with Gasteiger partial charge in [0.05, 0.1) is 17.7 Å². The van der Waals surface area contributed by atoms with Crippen molar-refractivity contribution in [2.24, 2.45) is 0 Å². The van der Waals surface area contributed by atoms with E-state index in [4.69, 9.17) is 4.42 Å². The average molecular weight is 427 g/mol. The molecule has 1 saturated carbocycles. The molecule has 1 fully saturated rings. The summed E-state index contributed by atoms with van der Waals surface area (Å²) in [6, 6.07) is 8.45. The molecular formula is C17H19BrN2O4S. The van der Waals surface area contributed by atoms with Crippen LogP contribution in [0, 0.1) is 0 Å². The molecule has 6 nitrogen and oxygen atoms in total. The van der Waals surface area contributed by atoms with Crippen molar-refractivity contribution in [1.29, 1.82) is 0 Å². The first kappa shape index (κ1) is 18.2. The summed E-state index contributed by atoms with van der Waals surface area (Å²) in [6.07, 6.45) is 3.48. The van der Waals surface area contributed by atoms with Crippen LogP contribution >= 0.6 is 15.9 Å². The number of carbonyl (C=O) groups excluding carboxylic acids is 1. The molecule has 0 N–H and O–H groups in total. The van der Waals surface area contributed by atoms with Gasteiger partial charge in [0, 0.05) is 30.2 Å². The first-order valence-corrected chi connectivity index (χ1v) is 10.1. The molecule has 2 aromatic rings. The Kier molecular flexibility index (Phi) is 5.04. The first-order chi connectivity index (χ1) is 11.8. The largest absolute Gasteiger partial charge is 0.467 e. The second kappa shape index (κ2) is 6.93. The standard InChI is InChI=1S/C17H19BrN2O4S/c1-19(2)25(22,23)16-10-12(5-8-15(16)18)17(21)20(13-6-7-13)11-14-4-3-9-24-14/h3-5,8-10,13H,6-7,11H2,1-2H3. The maximum absolute atomic E-state index is 13.0. The van der Waals surface area contributed by atoms with Crippen molar-refractivity contribution in [1.82, 2.24) is 9.21 Å². The molecular weight excluding hydrogens is 408 g/mol. The number of rotatable bonds is 6. The monoisotopic (exact) mass is 426 g/mol. The lowest BCUT2D eigenvalue weighted by molar-refractivity contribution is 0.0717. The number of hydrogen-bond acceptors (Lipinski definition) is 4. The fourth-order valence-electron chi connectivity index (χ4n) is 2.52. The zero-order valence-corrected chi connectivity index (χ0v) is 16.4. The lowest BCUT2D eigenvalue weighted by Gasteiger charge is -2.22. The molecule has 1 heterocycles. The molecule has 134 valence electrons. The van der Waals surface area contributed by atoms with E-state index in [1.54, 1.807) is 29.4 Å². The van der Waals surface area contributed by atoms with E-state index in [0.717, 1.165) is 17.1 Å². The van der Waals surface area contributed by atoms with E-state index in [1.165, 1.54) is 20.2 Å². The van der Waals surface area contributed by atoms with Crippen LogP contribution in [0.5, 0.6) is 0 Å². The summed E-state index contributed by atoms with van der Waals surface area (Å²) in [4.78, 5) is 14.8. The topological polar surface area (TPSA) is 70.8 Å². The van der Waals surface area contributed by atoms with Gasteiger partial charge in [-0.15, -0.1) is 0 Å². The molecule has 0 spiro atoms. The number of halogens is 1. The predicted molar refractivity (Wildman–Crippen MR) is 96.6 cm³/mol. The van der Waals surface area contributed by atoms with E-state index in [0.29, 0.717) is 22.3 Å². The molecule has 1 aliphatic carbocycles. The summed E-state index contributed by atoms with van der Waals surface area (Å²) in [5.74, 6) is 0.514. The summed E-state index contributed by atoms with van der Waals surface area (Å²) in [7, 11) is -0.723. The third-order valence-corrected chi connectivity index (χ3v) is 6.90. The van der Waals surface area contributed by atoms with E-state index >= 15 is 0 Å². The van der Waals surface area contributed by atoms with Gasteiger partial charge in [0.15, 0.2) is 0 Å². The highest BCUT2D eigenvalue weighted by molar-refractivity contribution is 9.10. The highest BCUT2D eigenvalue weighted by Gasteiger charge is 2.34. The maximum atomic E-state index is 13.0. The second-order valence-electron chi connectivity index (χ2n) is 6.18. The minimum Gasteiger partial charge on any atom is -0.467 e. The Bertz CT molecular complexity index is 874. The van der Waals surface area contributed by atoms with Crippen molar-refractivity contribution in [3.8, 4) is 0 Å². The Morgan fingerprint density at radius 3 is 2.56 bits per heavy atom. The van der Waals surface area contributed by atoms with Gasteiger partial charge in [0.25, 0.3) is 5.91 Å². The Morgan fingerprint density at radius 1 is 1.28 bits per heavy atom. The number of benzene rings is 1. The van der Waals surface area contributed by atoms with Crippen molar-refractivity contribution in [2.75, 3.05) is 14.1 Å². The van der Waals surface area contributed by atoms with Gasteiger partial charge >= 0.3 is 0 Å². The van der Waals surface area contributed by atoms with Gasteiger partial charge < -0.3 is 9.32 Å². The second-order valence-corrected chi connectivity index (χ2v) is 9.15. The average Bonchev–Trinajstić information content (AvgIpc) is 3.28. The molecule has 1 amide bonds. The van der Waals surface area contributed by atoms with Gasteiger partial charge in [-0.25, -0.2) is 12.7 Å². The van der Waals surface area contributed by atoms with E-state index in [1.807, 2.05) is 6.07 Å². The lowest BCUT2D eigenvalue weighted by Crippen LogP contribution is -2.32. The van der Waals surface area contributed by atoms with Crippen LogP contribution in [0.1, 0.15) is 29.0 Å². The Morgan fingerprint density at radius 2 is 2.00 bits per heavy atom. The summed E-state index contributed by atoms with van der Waals surface area (Å²) in [5.41, 5.74) is 0.349. The van der Waals surface area contributed by atoms with E-state index in [9.17, 15) is 13.2 Å². The highest BCUT2D eigenvalue weighted by atomic mass is 79.9. The zero-order valence-electron chi connectivity index (χ0n) is 14.0. The molecule has 0 unspecified atom stereocenters. The molecule has 0 aliphatic heterocycles. The molecule has 0 bridgehead atoms. The van der Waals surface area contributed by atoms with Gasteiger partial charge in [-0.3, -0.25) is 4.79 Å². The van der Waals surface area contributed by atoms with Gasteiger partial charge in [-0.2, -0.15) is 0 Å². The van der Waals surface area contributed by atoms with Gasteiger partial charge in [-0.1, -0.05) is 0 Å².